The third-order valence-corrected chi connectivity index (χ3v) is 13.4. The van der Waals surface area contributed by atoms with Crippen LogP contribution < -0.4 is 14.5 Å². The molecule has 6 heteroatoms. The number of ether oxygens (including phenoxy) is 1. The number of para-hydroxylation sites is 3. The maximum absolute atomic E-state index is 6.99. The van der Waals surface area contributed by atoms with E-state index in [0.29, 0.717) is 29.3 Å². The van der Waals surface area contributed by atoms with E-state index in [1.807, 2.05) is 12.3 Å². The largest absolute Gasteiger partial charge is 0.509 e. The Kier molecular flexibility index (Phi) is 11.6. The molecule has 1 fully saturated rings. The van der Waals surface area contributed by atoms with Crippen molar-refractivity contribution in [2.75, 3.05) is 16.8 Å². The first-order valence-corrected chi connectivity index (χ1v) is 22.5. The number of aromatic nitrogens is 2. The summed E-state index contributed by atoms with van der Waals surface area (Å²) in [5.41, 5.74) is 14.3. The molecule has 8 aromatic rings. The maximum Gasteiger partial charge on any atom is 0.135 e. The number of rotatable bonds is 10. The van der Waals surface area contributed by atoms with Crippen molar-refractivity contribution in [2.24, 2.45) is 0 Å². The van der Waals surface area contributed by atoms with E-state index in [1.165, 1.54) is 46.2 Å². The van der Waals surface area contributed by atoms with Gasteiger partial charge in [0.05, 0.1) is 0 Å². The van der Waals surface area contributed by atoms with Crippen molar-refractivity contribution in [2.45, 2.75) is 90.4 Å². The number of fused-ring (bicyclic) bond motifs is 4. The molecule has 0 N–H and O–H groups in total. The molecule has 2 aliphatic rings. The van der Waals surface area contributed by atoms with Crippen LogP contribution in [0.1, 0.15) is 113 Å². The second kappa shape index (κ2) is 17.1. The van der Waals surface area contributed by atoms with E-state index in [9.17, 15) is 0 Å². The summed E-state index contributed by atoms with van der Waals surface area (Å²) in [6.45, 7) is 16.0. The fraction of sp³-hybridized carbons (Fsp3) is 0.263. The molecule has 0 atom stereocenters. The molecule has 2 aromatic heterocycles. The topological polar surface area (TPSA) is 33.5 Å². The van der Waals surface area contributed by atoms with Crippen LogP contribution in [0, 0.1) is 18.8 Å². The average molecular weight is 1010 g/mol. The van der Waals surface area contributed by atoms with E-state index >= 15 is 0 Å². The van der Waals surface area contributed by atoms with Gasteiger partial charge in [-0.25, -0.2) is 4.98 Å². The van der Waals surface area contributed by atoms with Gasteiger partial charge in [-0.15, -0.1) is 47.0 Å². The number of pyridine rings is 1. The molecular weight excluding hydrogens is 952 g/mol. The zero-order valence-corrected chi connectivity index (χ0v) is 39.6. The Morgan fingerprint density at radius 1 is 0.651 bits per heavy atom. The molecule has 0 unspecified atom stereocenters. The fourth-order valence-corrected chi connectivity index (χ4v) is 10.2. The van der Waals surface area contributed by atoms with Crippen LogP contribution in [0.5, 0.6) is 11.5 Å². The molecule has 1 aliphatic heterocycles. The van der Waals surface area contributed by atoms with Crippen LogP contribution in [0.25, 0.3) is 38.8 Å². The van der Waals surface area contributed by atoms with Gasteiger partial charge in [-0.05, 0) is 107 Å². The first kappa shape index (κ1) is 42.6. The summed E-state index contributed by atoms with van der Waals surface area (Å²) in [6, 6.07) is 53.8. The van der Waals surface area contributed by atoms with Gasteiger partial charge in [-0.3, -0.25) is 0 Å². The van der Waals surface area contributed by atoms with Crippen LogP contribution in [-0.4, -0.2) is 16.6 Å². The summed E-state index contributed by atoms with van der Waals surface area (Å²) in [7, 11) is 2.10. The summed E-state index contributed by atoms with van der Waals surface area (Å²) in [6.07, 6.45) is 6.69. The predicted octanol–water partition coefficient (Wildman–Crippen LogP) is 15.2. The van der Waals surface area contributed by atoms with Gasteiger partial charge >= 0.3 is 0 Å². The molecule has 1 saturated carbocycles. The molecule has 10 rings (SSSR count). The van der Waals surface area contributed by atoms with Crippen LogP contribution in [-0.2, 0) is 26.5 Å². The van der Waals surface area contributed by atoms with E-state index in [0.717, 1.165) is 63.1 Å². The Balaban J connectivity index is 0.00000504. The molecule has 0 bridgehead atoms. The minimum atomic E-state index is -0.0314. The zero-order chi connectivity index (χ0) is 42.7. The number of benzene rings is 6. The summed E-state index contributed by atoms with van der Waals surface area (Å²) in [5.74, 6) is 3.23. The Labute approximate surface area is 388 Å². The first-order valence-electron chi connectivity index (χ1n) is 22.5. The summed E-state index contributed by atoms with van der Waals surface area (Å²) in [4.78, 5) is 9.46. The van der Waals surface area contributed by atoms with Gasteiger partial charge in [0.1, 0.15) is 5.82 Å². The summed E-state index contributed by atoms with van der Waals surface area (Å²) < 4.78 is 9.26. The van der Waals surface area contributed by atoms with Crippen molar-refractivity contribution in [3.63, 3.8) is 0 Å². The Morgan fingerprint density at radius 2 is 1.33 bits per heavy atom. The van der Waals surface area contributed by atoms with E-state index in [1.54, 1.807) is 0 Å². The minimum Gasteiger partial charge on any atom is -0.509 e. The summed E-state index contributed by atoms with van der Waals surface area (Å²) in [5, 5.41) is 2.27. The van der Waals surface area contributed by atoms with Crippen LogP contribution in [0.2, 0.25) is 0 Å². The van der Waals surface area contributed by atoms with Gasteiger partial charge in [0.25, 0.3) is 0 Å². The molecule has 3 heterocycles. The Morgan fingerprint density at radius 3 is 2.05 bits per heavy atom. The van der Waals surface area contributed by atoms with Gasteiger partial charge < -0.3 is 19.1 Å². The minimum absolute atomic E-state index is 0. The van der Waals surface area contributed by atoms with E-state index in [2.05, 4.69) is 203 Å². The quantitative estimate of drug-likeness (QED) is 0.128. The third-order valence-electron chi connectivity index (χ3n) is 13.4. The monoisotopic (exact) mass is 1010 g/mol. The third kappa shape index (κ3) is 7.57. The van der Waals surface area contributed by atoms with Crippen LogP contribution >= 0.6 is 0 Å². The van der Waals surface area contributed by atoms with Crippen molar-refractivity contribution < 1.29 is 25.8 Å². The van der Waals surface area contributed by atoms with Crippen molar-refractivity contribution in [1.82, 2.24) is 9.55 Å². The van der Waals surface area contributed by atoms with Crippen molar-refractivity contribution in [3.05, 3.63) is 180 Å². The Bertz CT molecular complexity index is 2910. The van der Waals surface area contributed by atoms with Gasteiger partial charge in [0.15, 0.2) is 0 Å². The predicted molar refractivity (Wildman–Crippen MR) is 257 cm³/mol. The molecule has 0 saturated heterocycles. The Hall–Kier alpha value is -5.64. The molecule has 6 aromatic carbocycles. The zero-order valence-electron chi connectivity index (χ0n) is 37.4. The number of hydrogen-bond acceptors (Lipinski definition) is 4. The normalized spacial score (nSPS) is 14.6. The van der Waals surface area contributed by atoms with Gasteiger partial charge in [0.2, 0.25) is 0 Å². The second-order valence-corrected chi connectivity index (χ2v) is 18.3. The van der Waals surface area contributed by atoms with Gasteiger partial charge in [-0.2, -0.15) is 12.7 Å². The number of nitrogens with zero attached hydrogens (tertiary/aromatic N) is 4. The van der Waals surface area contributed by atoms with Crippen LogP contribution in [0.3, 0.4) is 0 Å². The molecule has 0 spiro atoms. The van der Waals surface area contributed by atoms with Crippen LogP contribution in [0.15, 0.2) is 134 Å². The molecular formula is C57H55N4OPt-3. The van der Waals surface area contributed by atoms with E-state index < -0.39 is 0 Å². The molecule has 322 valence electrons. The van der Waals surface area contributed by atoms with Gasteiger partial charge in [-0.1, -0.05) is 133 Å². The van der Waals surface area contributed by atoms with Gasteiger partial charge in [0, 0.05) is 61.1 Å². The summed E-state index contributed by atoms with van der Waals surface area (Å²) >= 11 is 0. The van der Waals surface area contributed by atoms with Crippen LogP contribution in [0.4, 0.5) is 17.1 Å². The molecule has 0 radical (unpaired) electrons. The standard InChI is InChI=1S/C57H55N4O.Pt/c1-37(2)40-31-49(38(3)4)56(50(32-40)39(5)6)41-29-44(60-36-59(7)52-21-13-14-22-53(52)60)34-46(30-41)62-45-23-24-48-47-19-11-12-20-51(47)61(54(48)35-45)55-33-43(25-28-58-55)57(26-15-16-27-57)42-17-9-8-10-18-42;/h8-14,17-25,28-33,36-39H,15-16,26-27H2,1-7H3;/q-3;. The van der Waals surface area contributed by atoms with E-state index in [4.69, 9.17) is 9.72 Å². The smallest absolute Gasteiger partial charge is 0.135 e. The first-order chi connectivity index (χ1) is 30.1. The molecule has 63 heavy (non-hydrogen) atoms. The second-order valence-electron chi connectivity index (χ2n) is 18.3. The maximum atomic E-state index is 6.99. The molecule has 5 nitrogen and oxygen atoms in total. The average Bonchev–Trinajstić information content (AvgIpc) is 4.01. The van der Waals surface area contributed by atoms with Crippen molar-refractivity contribution in [3.8, 4) is 28.4 Å². The SMILES string of the molecule is CC(C)c1cc(C(C)C)c(-c2cc(Oc3[c-]c4c(cc3)c3ccccc3n4-c3cc(C4(c5ccccc5)CCCC4)ccn3)[c-]c(N3[CH-]N(C)c4ccccc43)c2)c(C(C)C)c1.[Pt]. The van der Waals surface area contributed by atoms with Crippen molar-refractivity contribution >= 4 is 38.9 Å². The number of anilines is 3. The fourth-order valence-electron chi connectivity index (χ4n) is 10.2. The van der Waals surface area contributed by atoms with E-state index in [-0.39, 0.29) is 26.5 Å². The number of hydrogen-bond donors (Lipinski definition) is 0. The van der Waals surface area contributed by atoms with Crippen molar-refractivity contribution in [1.29, 1.82) is 0 Å². The molecule has 1 aliphatic carbocycles. The molecule has 0 amide bonds.